The molecule has 0 aliphatic carbocycles. The van der Waals surface area contributed by atoms with Gasteiger partial charge in [0.2, 0.25) is 11.8 Å². The Bertz CT molecular complexity index is 2070. The van der Waals surface area contributed by atoms with E-state index >= 15 is 0 Å². The molecule has 3 N–H and O–H groups in total. The SMILES string of the molecule is COC(=O)NC(C(=O)N1CCCC1C1=NC=C(c2ccc(-c3ccc(-c4cnc(C5CCCN5C(=O)C(NC(=O)OC)C5CCOCC5)[nH]4)cc3)cc2)C1)C1CCOCC1. The number of H-pyrrole nitrogens is 1. The second kappa shape index (κ2) is 18.8. The van der Waals surface area contributed by atoms with E-state index in [0.717, 1.165) is 70.7 Å². The van der Waals surface area contributed by atoms with Crippen LogP contribution in [-0.2, 0) is 28.5 Å². The first-order chi connectivity index (χ1) is 29.3. The number of rotatable bonds is 11. The van der Waals surface area contributed by atoms with Crippen LogP contribution in [0.3, 0.4) is 0 Å². The molecule has 4 saturated heterocycles. The summed E-state index contributed by atoms with van der Waals surface area (Å²) in [6.45, 7) is 3.49. The van der Waals surface area contributed by atoms with Crippen LogP contribution in [0.15, 0.2) is 65.9 Å². The first-order valence-electron chi connectivity index (χ1n) is 21.3. The van der Waals surface area contributed by atoms with Crippen molar-refractivity contribution in [2.75, 3.05) is 53.7 Å². The van der Waals surface area contributed by atoms with Gasteiger partial charge in [0, 0.05) is 57.8 Å². The minimum atomic E-state index is -0.682. The Hall–Kier alpha value is -5.54. The fraction of sp³-hybridized carbons (Fsp3) is 0.511. The summed E-state index contributed by atoms with van der Waals surface area (Å²) in [6.07, 6.45) is 9.35. The lowest BCUT2D eigenvalue weighted by Crippen LogP contribution is -2.55. The van der Waals surface area contributed by atoms with Crippen molar-refractivity contribution in [2.45, 2.75) is 82.0 Å². The standard InChI is InChI=1S/C45H55N7O8/c1-57-44(55)49-39(32-15-21-59-22-16-32)42(53)51-19-3-5-37(51)35-25-34(26-46-35)30-9-7-28(8-10-30)29-11-13-31(14-12-29)36-27-47-41(48-36)38-6-4-20-52(38)43(54)40(50-45(56)58-2)33-17-23-60-24-18-33/h7-14,26-27,32-33,37-40H,3-6,15-25H2,1-2H3,(H,47,48)(H,49,55)(H,50,56). The molecule has 4 amide bonds. The summed E-state index contributed by atoms with van der Waals surface area (Å²) in [4.78, 5) is 69.3. The van der Waals surface area contributed by atoms with Gasteiger partial charge in [-0.3, -0.25) is 14.6 Å². The van der Waals surface area contributed by atoms with Gasteiger partial charge >= 0.3 is 12.2 Å². The molecule has 5 aliphatic rings. The summed E-state index contributed by atoms with van der Waals surface area (Å²) in [5, 5.41) is 5.64. The predicted octanol–water partition coefficient (Wildman–Crippen LogP) is 5.89. The molecule has 15 heteroatoms. The van der Waals surface area contributed by atoms with Crippen LogP contribution >= 0.6 is 0 Å². The fourth-order valence-electron chi connectivity index (χ4n) is 9.48. The molecular weight excluding hydrogens is 767 g/mol. The normalized spacial score (nSPS) is 22.2. The van der Waals surface area contributed by atoms with Crippen LogP contribution in [-0.4, -0.2) is 121 Å². The molecular formula is C45H55N7O8. The molecule has 3 aromatic rings. The van der Waals surface area contributed by atoms with E-state index in [2.05, 4.69) is 64.1 Å². The molecule has 2 aromatic carbocycles. The zero-order valence-corrected chi connectivity index (χ0v) is 34.4. The smallest absolute Gasteiger partial charge is 0.407 e. The van der Waals surface area contributed by atoms with E-state index in [1.807, 2.05) is 22.2 Å². The zero-order valence-electron chi connectivity index (χ0n) is 34.4. The number of amides is 4. The predicted molar refractivity (Wildman–Crippen MR) is 224 cm³/mol. The molecule has 60 heavy (non-hydrogen) atoms. The van der Waals surface area contributed by atoms with E-state index in [-0.39, 0.29) is 35.7 Å². The van der Waals surface area contributed by atoms with Crippen LogP contribution in [0.5, 0.6) is 0 Å². The summed E-state index contributed by atoms with van der Waals surface area (Å²) >= 11 is 0. The average Bonchev–Trinajstić information content (AvgIpc) is 4.15. The van der Waals surface area contributed by atoms with Crippen molar-refractivity contribution in [3.05, 3.63) is 72.3 Å². The molecule has 5 aliphatic heterocycles. The van der Waals surface area contributed by atoms with Gasteiger partial charge in [-0.2, -0.15) is 0 Å². The van der Waals surface area contributed by atoms with Crippen molar-refractivity contribution in [3.63, 3.8) is 0 Å². The first-order valence-corrected chi connectivity index (χ1v) is 21.3. The summed E-state index contributed by atoms with van der Waals surface area (Å²) in [6, 6.07) is 15.1. The molecule has 6 heterocycles. The number of aromatic nitrogens is 2. The molecule has 0 bridgehead atoms. The number of methoxy groups -OCH3 is 2. The minimum Gasteiger partial charge on any atom is -0.453 e. The average molecular weight is 822 g/mol. The van der Waals surface area contributed by atoms with Gasteiger partial charge in [-0.25, -0.2) is 14.6 Å². The highest BCUT2D eigenvalue weighted by Crippen LogP contribution is 2.36. The van der Waals surface area contributed by atoms with Crippen LogP contribution < -0.4 is 10.6 Å². The number of imidazole rings is 1. The summed E-state index contributed by atoms with van der Waals surface area (Å²) < 4.78 is 20.8. The highest BCUT2D eigenvalue weighted by molar-refractivity contribution is 6.04. The molecule has 4 fully saturated rings. The van der Waals surface area contributed by atoms with E-state index < -0.39 is 24.3 Å². The van der Waals surface area contributed by atoms with Crippen molar-refractivity contribution in [2.24, 2.45) is 16.8 Å². The van der Waals surface area contributed by atoms with E-state index in [4.69, 9.17) is 28.9 Å². The van der Waals surface area contributed by atoms with E-state index in [9.17, 15) is 19.2 Å². The van der Waals surface area contributed by atoms with Crippen LogP contribution in [0.4, 0.5) is 9.59 Å². The van der Waals surface area contributed by atoms with E-state index in [1.165, 1.54) is 14.2 Å². The van der Waals surface area contributed by atoms with Gasteiger partial charge in [-0.15, -0.1) is 0 Å². The van der Waals surface area contributed by atoms with Crippen molar-refractivity contribution >= 4 is 35.3 Å². The molecule has 4 atom stereocenters. The highest BCUT2D eigenvalue weighted by atomic mass is 16.5. The first kappa shape index (κ1) is 41.2. The van der Waals surface area contributed by atoms with Gasteiger partial charge in [0.1, 0.15) is 17.9 Å². The lowest BCUT2D eigenvalue weighted by atomic mass is 9.90. The Morgan fingerprint density at radius 1 is 0.683 bits per heavy atom. The number of likely N-dealkylation sites (tertiary alicyclic amines) is 2. The molecule has 4 unspecified atom stereocenters. The van der Waals surface area contributed by atoms with E-state index in [1.54, 1.807) is 0 Å². The van der Waals surface area contributed by atoms with Crippen LogP contribution in [0, 0.1) is 11.8 Å². The highest BCUT2D eigenvalue weighted by Gasteiger charge is 2.42. The van der Waals surface area contributed by atoms with Gasteiger partial charge in [0.15, 0.2) is 0 Å². The number of aromatic amines is 1. The monoisotopic (exact) mass is 821 g/mol. The Balaban J connectivity index is 0.886. The van der Waals surface area contributed by atoms with Crippen molar-refractivity contribution in [1.29, 1.82) is 0 Å². The Morgan fingerprint density at radius 3 is 1.70 bits per heavy atom. The maximum atomic E-state index is 14.0. The third kappa shape index (κ3) is 8.97. The molecule has 318 valence electrons. The number of nitrogens with zero attached hydrogens (tertiary/aromatic N) is 4. The number of nitrogens with one attached hydrogen (secondary N) is 3. The number of carbonyl (C=O) groups excluding carboxylic acids is 4. The molecule has 1 aromatic heterocycles. The largest absolute Gasteiger partial charge is 0.453 e. The Labute approximate surface area is 350 Å². The lowest BCUT2D eigenvalue weighted by Gasteiger charge is -2.34. The second-order valence-corrected chi connectivity index (χ2v) is 16.3. The Morgan fingerprint density at radius 2 is 1.17 bits per heavy atom. The lowest BCUT2D eigenvalue weighted by molar-refractivity contribution is -0.137. The number of aliphatic imine (C=N–C) groups is 1. The maximum absolute atomic E-state index is 14.0. The van der Waals surface area contributed by atoms with Gasteiger partial charge in [0.25, 0.3) is 0 Å². The maximum Gasteiger partial charge on any atom is 0.407 e. The quantitative estimate of drug-likeness (QED) is 0.213. The fourth-order valence-corrected chi connectivity index (χ4v) is 9.48. The number of carbonyl (C=O) groups is 4. The number of allylic oxidation sites excluding steroid dienone is 1. The second-order valence-electron chi connectivity index (χ2n) is 16.3. The minimum absolute atomic E-state index is 0.00804. The third-order valence-electron chi connectivity index (χ3n) is 12.8. The van der Waals surface area contributed by atoms with Gasteiger partial charge in [-0.05, 0) is 91.0 Å². The summed E-state index contributed by atoms with van der Waals surface area (Å²) in [5.41, 5.74) is 7.18. The van der Waals surface area contributed by atoms with Gasteiger partial charge in [-0.1, -0.05) is 48.5 Å². The molecule has 0 saturated carbocycles. The van der Waals surface area contributed by atoms with Crippen molar-refractivity contribution in [3.8, 4) is 22.4 Å². The number of hydrogen-bond acceptors (Lipinski definition) is 10. The van der Waals surface area contributed by atoms with Crippen LogP contribution in [0.2, 0.25) is 0 Å². The third-order valence-corrected chi connectivity index (χ3v) is 12.8. The summed E-state index contributed by atoms with van der Waals surface area (Å²) in [5.74, 6) is 0.509. The van der Waals surface area contributed by atoms with Gasteiger partial charge in [0.05, 0.1) is 38.2 Å². The molecule has 8 rings (SSSR count). The summed E-state index contributed by atoms with van der Waals surface area (Å²) in [7, 11) is 2.63. The van der Waals surface area contributed by atoms with Crippen molar-refractivity contribution in [1.82, 2.24) is 30.4 Å². The van der Waals surface area contributed by atoms with Gasteiger partial charge < -0.3 is 44.4 Å². The van der Waals surface area contributed by atoms with Crippen molar-refractivity contribution < 1.29 is 38.1 Å². The zero-order chi connectivity index (χ0) is 41.6. The number of alkyl carbamates (subject to hydrolysis) is 2. The number of benzene rings is 2. The van der Waals surface area contributed by atoms with E-state index in [0.29, 0.717) is 71.6 Å². The van der Waals surface area contributed by atoms with Crippen LogP contribution in [0.1, 0.15) is 75.2 Å². The topological polar surface area (TPSA) is 177 Å². The van der Waals surface area contributed by atoms with Crippen LogP contribution in [0.25, 0.3) is 28.0 Å². The number of hydrogen-bond donors (Lipinski definition) is 3. The molecule has 0 spiro atoms. The Kier molecular flexibility index (Phi) is 12.9. The molecule has 15 nitrogen and oxygen atoms in total. The molecule has 0 radical (unpaired) electrons. The number of ether oxygens (including phenoxy) is 4.